The van der Waals surface area contributed by atoms with E-state index in [1.54, 1.807) is 36.4 Å². The van der Waals surface area contributed by atoms with Crippen LogP contribution in [-0.2, 0) is 9.53 Å². The standard InChI is InChI=1S/C18H13F3O2/c1-11(22)23-17(18(19,20)21)16-10-12-6-2-3-7-13(12)14-8-4-5-9-15(14)16/h2-10,17H,1H3/t17-/m1/s1. The van der Waals surface area contributed by atoms with Crippen LogP contribution in [0.1, 0.15) is 18.6 Å². The van der Waals surface area contributed by atoms with Gasteiger partial charge in [0, 0.05) is 12.5 Å². The van der Waals surface area contributed by atoms with Gasteiger partial charge >= 0.3 is 12.1 Å². The number of benzene rings is 3. The van der Waals surface area contributed by atoms with Crippen LogP contribution < -0.4 is 0 Å². The average Bonchev–Trinajstić information content (AvgIpc) is 2.51. The van der Waals surface area contributed by atoms with Crippen LogP contribution in [0.25, 0.3) is 21.5 Å². The molecule has 0 aromatic heterocycles. The first-order valence-electron chi connectivity index (χ1n) is 7.02. The van der Waals surface area contributed by atoms with Gasteiger partial charge in [-0.15, -0.1) is 0 Å². The zero-order valence-corrected chi connectivity index (χ0v) is 12.2. The molecule has 0 N–H and O–H groups in total. The van der Waals surface area contributed by atoms with Crippen LogP contribution in [0.2, 0.25) is 0 Å². The fraction of sp³-hybridized carbons (Fsp3) is 0.167. The normalized spacial score (nSPS) is 13.2. The summed E-state index contributed by atoms with van der Waals surface area (Å²) in [6, 6.07) is 15.5. The van der Waals surface area contributed by atoms with Gasteiger partial charge in [-0.3, -0.25) is 4.79 Å². The van der Waals surface area contributed by atoms with Crippen molar-refractivity contribution in [2.45, 2.75) is 19.2 Å². The van der Waals surface area contributed by atoms with Crippen LogP contribution >= 0.6 is 0 Å². The molecule has 0 bridgehead atoms. The van der Waals surface area contributed by atoms with Crippen molar-refractivity contribution in [3.63, 3.8) is 0 Å². The van der Waals surface area contributed by atoms with E-state index < -0.39 is 18.2 Å². The Hall–Kier alpha value is -2.56. The van der Waals surface area contributed by atoms with E-state index in [4.69, 9.17) is 0 Å². The van der Waals surface area contributed by atoms with Crippen LogP contribution in [0.5, 0.6) is 0 Å². The molecule has 1 atom stereocenters. The Kier molecular flexibility index (Phi) is 3.72. The number of carbonyl (C=O) groups is 1. The van der Waals surface area contributed by atoms with Crippen molar-refractivity contribution in [2.75, 3.05) is 0 Å². The summed E-state index contributed by atoms with van der Waals surface area (Å²) in [6.45, 7) is 0.974. The summed E-state index contributed by atoms with van der Waals surface area (Å²) in [6.07, 6.45) is -6.97. The smallest absolute Gasteiger partial charge is 0.429 e. The molecule has 0 saturated heterocycles. The monoisotopic (exact) mass is 318 g/mol. The highest BCUT2D eigenvalue weighted by Gasteiger charge is 2.44. The van der Waals surface area contributed by atoms with Gasteiger partial charge in [-0.1, -0.05) is 48.5 Å². The minimum absolute atomic E-state index is 0.0537. The minimum Gasteiger partial charge on any atom is -0.448 e. The second-order valence-electron chi connectivity index (χ2n) is 5.26. The first-order chi connectivity index (χ1) is 10.9. The van der Waals surface area contributed by atoms with Gasteiger partial charge in [-0.05, 0) is 27.6 Å². The molecular weight excluding hydrogens is 305 g/mol. The van der Waals surface area contributed by atoms with Crippen molar-refractivity contribution in [3.8, 4) is 0 Å². The third-order valence-electron chi connectivity index (χ3n) is 3.66. The molecule has 0 spiro atoms. The van der Waals surface area contributed by atoms with Crippen LogP contribution in [0.4, 0.5) is 13.2 Å². The van der Waals surface area contributed by atoms with E-state index in [0.29, 0.717) is 16.2 Å². The summed E-state index contributed by atoms with van der Waals surface area (Å²) in [7, 11) is 0. The lowest BCUT2D eigenvalue weighted by Crippen LogP contribution is -2.25. The van der Waals surface area contributed by atoms with E-state index in [1.165, 1.54) is 6.07 Å². The topological polar surface area (TPSA) is 26.3 Å². The molecule has 5 heteroatoms. The number of hydrogen-bond donors (Lipinski definition) is 0. The van der Waals surface area contributed by atoms with Gasteiger partial charge in [0.15, 0.2) is 0 Å². The zero-order chi connectivity index (χ0) is 16.6. The first kappa shape index (κ1) is 15.3. The molecule has 2 nitrogen and oxygen atoms in total. The molecule has 0 aliphatic heterocycles. The van der Waals surface area contributed by atoms with Crippen molar-refractivity contribution in [1.29, 1.82) is 0 Å². The number of halogens is 3. The summed E-state index contributed by atoms with van der Waals surface area (Å²) in [5, 5.41) is 2.65. The van der Waals surface area contributed by atoms with Crippen molar-refractivity contribution in [1.82, 2.24) is 0 Å². The van der Waals surface area contributed by atoms with E-state index >= 15 is 0 Å². The lowest BCUT2D eigenvalue weighted by atomic mass is 9.94. The lowest BCUT2D eigenvalue weighted by Gasteiger charge is -2.22. The van der Waals surface area contributed by atoms with Crippen molar-refractivity contribution < 1.29 is 22.7 Å². The molecule has 0 amide bonds. The molecule has 118 valence electrons. The van der Waals surface area contributed by atoms with Gasteiger partial charge in [0.1, 0.15) is 0 Å². The van der Waals surface area contributed by atoms with Crippen molar-refractivity contribution in [2.24, 2.45) is 0 Å². The predicted molar refractivity (Wildman–Crippen MR) is 82.0 cm³/mol. The fourth-order valence-corrected chi connectivity index (χ4v) is 2.77. The number of hydrogen-bond acceptors (Lipinski definition) is 2. The number of esters is 1. The van der Waals surface area contributed by atoms with Crippen LogP contribution in [0.15, 0.2) is 54.6 Å². The first-order valence-corrected chi connectivity index (χ1v) is 7.02. The lowest BCUT2D eigenvalue weighted by molar-refractivity contribution is -0.222. The third-order valence-corrected chi connectivity index (χ3v) is 3.66. The average molecular weight is 318 g/mol. The third kappa shape index (κ3) is 2.86. The SMILES string of the molecule is CC(=O)O[C@H](c1cc2ccccc2c2ccccc12)C(F)(F)F. The molecule has 3 rings (SSSR count). The van der Waals surface area contributed by atoms with Crippen LogP contribution in [0.3, 0.4) is 0 Å². The maximum absolute atomic E-state index is 13.4. The Labute approximate surface area is 130 Å². The highest BCUT2D eigenvalue weighted by atomic mass is 19.4. The Bertz CT molecular complexity index is 884. The number of alkyl halides is 3. The molecule has 23 heavy (non-hydrogen) atoms. The highest BCUT2D eigenvalue weighted by molar-refractivity contribution is 6.09. The zero-order valence-electron chi connectivity index (χ0n) is 12.2. The second-order valence-corrected chi connectivity index (χ2v) is 5.26. The predicted octanol–water partition coefficient (Wildman–Crippen LogP) is 5.16. The van der Waals surface area contributed by atoms with E-state index in [2.05, 4.69) is 4.74 Å². The summed E-state index contributed by atoms with van der Waals surface area (Å²) in [5.74, 6) is -0.968. The molecule has 0 aliphatic rings. The maximum atomic E-state index is 13.4. The summed E-state index contributed by atoms with van der Waals surface area (Å²) < 4.78 is 44.8. The number of carbonyl (C=O) groups excluding carboxylic acids is 1. The summed E-state index contributed by atoms with van der Waals surface area (Å²) in [4.78, 5) is 11.2. The van der Waals surface area contributed by atoms with E-state index in [0.717, 1.165) is 12.3 Å². The molecule has 0 radical (unpaired) electrons. The Balaban J connectivity index is 2.35. The van der Waals surface area contributed by atoms with Gasteiger partial charge in [-0.25, -0.2) is 0 Å². The molecule has 0 unspecified atom stereocenters. The second kappa shape index (κ2) is 5.57. The fourth-order valence-electron chi connectivity index (χ4n) is 2.77. The molecule has 0 fully saturated rings. The van der Waals surface area contributed by atoms with Crippen LogP contribution in [0, 0.1) is 0 Å². The minimum atomic E-state index is -4.68. The van der Waals surface area contributed by atoms with Gasteiger partial charge in [0.05, 0.1) is 0 Å². The molecule has 0 heterocycles. The van der Waals surface area contributed by atoms with Gasteiger partial charge < -0.3 is 4.74 Å². The molecular formula is C18H13F3O2. The molecule has 3 aromatic rings. The Morgan fingerprint density at radius 2 is 1.52 bits per heavy atom. The molecule has 0 aliphatic carbocycles. The van der Waals surface area contributed by atoms with Gasteiger partial charge in [0.2, 0.25) is 6.10 Å². The summed E-state index contributed by atoms with van der Waals surface area (Å²) >= 11 is 0. The van der Waals surface area contributed by atoms with E-state index in [9.17, 15) is 18.0 Å². The Morgan fingerprint density at radius 1 is 0.957 bits per heavy atom. The maximum Gasteiger partial charge on any atom is 0.429 e. The molecule has 0 saturated carbocycles. The molecule has 3 aromatic carbocycles. The van der Waals surface area contributed by atoms with Gasteiger partial charge in [-0.2, -0.15) is 13.2 Å². The Morgan fingerprint density at radius 3 is 2.13 bits per heavy atom. The number of rotatable bonds is 2. The van der Waals surface area contributed by atoms with E-state index in [-0.39, 0.29) is 5.56 Å². The number of fused-ring (bicyclic) bond motifs is 3. The van der Waals surface area contributed by atoms with Crippen molar-refractivity contribution in [3.05, 3.63) is 60.2 Å². The van der Waals surface area contributed by atoms with E-state index in [1.807, 2.05) is 12.1 Å². The largest absolute Gasteiger partial charge is 0.448 e. The quantitative estimate of drug-likeness (QED) is 0.482. The number of ether oxygens (including phenoxy) is 1. The highest BCUT2D eigenvalue weighted by Crippen LogP contribution is 2.41. The van der Waals surface area contributed by atoms with Gasteiger partial charge in [0.25, 0.3) is 0 Å². The van der Waals surface area contributed by atoms with Crippen LogP contribution in [-0.4, -0.2) is 12.1 Å². The summed E-state index contributed by atoms with van der Waals surface area (Å²) in [5.41, 5.74) is -0.0537. The van der Waals surface area contributed by atoms with Crippen molar-refractivity contribution >= 4 is 27.5 Å².